The number of carbonyl (C=O) groups excluding carboxylic acids is 1. The molecule has 0 bridgehead atoms. The predicted octanol–water partition coefficient (Wildman–Crippen LogP) is 4.85. The van der Waals surface area contributed by atoms with E-state index in [0.29, 0.717) is 10.9 Å². The van der Waals surface area contributed by atoms with Gasteiger partial charge in [-0.3, -0.25) is 15.6 Å². The van der Waals surface area contributed by atoms with Crippen molar-refractivity contribution in [3.8, 4) is 0 Å². The Labute approximate surface area is 176 Å². The molecular weight excluding hydrogens is 442 g/mol. The summed E-state index contributed by atoms with van der Waals surface area (Å²) < 4.78 is 1.05. The van der Waals surface area contributed by atoms with Crippen LogP contribution < -0.4 is 16.2 Å². The maximum Gasteiger partial charge on any atom is 0.248 e. The molecule has 0 unspecified atom stereocenters. The van der Waals surface area contributed by atoms with Crippen LogP contribution in [-0.4, -0.2) is 16.8 Å². The second kappa shape index (κ2) is 9.73. The van der Waals surface area contributed by atoms with Crippen LogP contribution in [0.3, 0.4) is 0 Å². The Morgan fingerprint density at radius 1 is 0.963 bits per heavy atom. The number of carbonyl (C=O) groups is 1. The number of benzene rings is 3. The minimum absolute atomic E-state index is 0.130. The van der Waals surface area contributed by atoms with Crippen LogP contribution in [0.15, 0.2) is 71.2 Å². The summed E-state index contributed by atoms with van der Waals surface area (Å²) in [6, 6.07) is 22.0. The Morgan fingerprint density at radius 3 is 2.56 bits per heavy atom. The number of nitrogens with one attached hydrogen (secondary N) is 3. The SMILES string of the molecule is O=C(CSCc1ccccc1Br)NNC(=S)Nc1cccc2ccccc12. The molecule has 0 aliphatic rings. The van der Waals surface area contributed by atoms with Gasteiger partial charge in [0, 0.05) is 21.3 Å². The van der Waals surface area contributed by atoms with E-state index in [9.17, 15) is 4.79 Å². The van der Waals surface area contributed by atoms with E-state index in [4.69, 9.17) is 12.2 Å². The van der Waals surface area contributed by atoms with E-state index in [1.54, 1.807) is 11.8 Å². The van der Waals surface area contributed by atoms with Gasteiger partial charge in [-0.25, -0.2) is 0 Å². The van der Waals surface area contributed by atoms with Crippen molar-refractivity contribution in [1.82, 2.24) is 10.9 Å². The molecule has 3 N–H and O–H groups in total. The Balaban J connectivity index is 1.44. The monoisotopic (exact) mass is 459 g/mol. The quantitative estimate of drug-likeness (QED) is 0.375. The molecule has 3 aromatic rings. The molecule has 0 radical (unpaired) electrons. The summed E-state index contributed by atoms with van der Waals surface area (Å²) in [7, 11) is 0. The molecule has 0 aliphatic carbocycles. The van der Waals surface area contributed by atoms with Gasteiger partial charge in [-0.05, 0) is 35.3 Å². The third-order valence-corrected chi connectivity index (χ3v) is 5.76. The maximum absolute atomic E-state index is 12.0. The molecule has 27 heavy (non-hydrogen) atoms. The lowest BCUT2D eigenvalue weighted by Gasteiger charge is -2.13. The van der Waals surface area contributed by atoms with Crippen molar-refractivity contribution in [2.45, 2.75) is 5.75 Å². The van der Waals surface area contributed by atoms with Gasteiger partial charge in [0.1, 0.15) is 0 Å². The first-order chi connectivity index (χ1) is 13.1. The highest BCUT2D eigenvalue weighted by Gasteiger charge is 2.06. The first-order valence-corrected chi connectivity index (χ1v) is 10.6. The molecule has 0 aliphatic heterocycles. The number of fused-ring (bicyclic) bond motifs is 1. The molecule has 0 saturated carbocycles. The summed E-state index contributed by atoms with van der Waals surface area (Å²) in [5.74, 6) is 0.966. The molecule has 1 amide bonds. The number of rotatable bonds is 5. The molecule has 138 valence electrons. The molecule has 0 heterocycles. The molecule has 7 heteroatoms. The molecule has 0 saturated heterocycles. The van der Waals surface area contributed by atoms with Gasteiger partial charge in [-0.2, -0.15) is 0 Å². The fourth-order valence-electron chi connectivity index (χ4n) is 2.52. The smallest absolute Gasteiger partial charge is 0.248 e. The summed E-state index contributed by atoms with van der Waals surface area (Å²) in [5, 5.41) is 5.66. The van der Waals surface area contributed by atoms with Crippen molar-refractivity contribution < 1.29 is 4.79 Å². The van der Waals surface area contributed by atoms with Crippen molar-refractivity contribution in [2.75, 3.05) is 11.1 Å². The highest BCUT2D eigenvalue weighted by molar-refractivity contribution is 9.10. The molecule has 0 fully saturated rings. The Morgan fingerprint density at radius 2 is 1.70 bits per heavy atom. The largest absolute Gasteiger partial charge is 0.331 e. The summed E-state index contributed by atoms with van der Waals surface area (Å²) >= 11 is 10.3. The minimum Gasteiger partial charge on any atom is -0.331 e. The zero-order valence-electron chi connectivity index (χ0n) is 14.4. The second-order valence-corrected chi connectivity index (χ2v) is 7.99. The lowest BCUT2D eigenvalue weighted by atomic mass is 10.1. The number of hydrogen-bond donors (Lipinski definition) is 3. The number of anilines is 1. The number of halogens is 1. The molecule has 3 aromatic carbocycles. The highest BCUT2D eigenvalue weighted by atomic mass is 79.9. The maximum atomic E-state index is 12.0. The van der Waals surface area contributed by atoms with Gasteiger partial charge in [0.2, 0.25) is 5.91 Å². The van der Waals surface area contributed by atoms with Crippen LogP contribution in [-0.2, 0) is 10.5 Å². The van der Waals surface area contributed by atoms with Gasteiger partial charge in [-0.1, -0.05) is 70.5 Å². The van der Waals surface area contributed by atoms with Crippen LogP contribution >= 0.6 is 39.9 Å². The van der Waals surface area contributed by atoms with Gasteiger partial charge in [0.25, 0.3) is 0 Å². The van der Waals surface area contributed by atoms with Crippen LogP contribution in [0.2, 0.25) is 0 Å². The third kappa shape index (κ3) is 5.69. The van der Waals surface area contributed by atoms with Gasteiger partial charge >= 0.3 is 0 Å². The predicted molar refractivity (Wildman–Crippen MR) is 122 cm³/mol. The van der Waals surface area contributed by atoms with Gasteiger partial charge in [0.15, 0.2) is 5.11 Å². The number of thioether (sulfide) groups is 1. The fraction of sp³-hybridized carbons (Fsp3) is 0.100. The first-order valence-electron chi connectivity index (χ1n) is 8.28. The first kappa shape index (κ1) is 19.7. The summed E-state index contributed by atoms with van der Waals surface area (Å²) in [4.78, 5) is 12.0. The molecule has 0 spiro atoms. The minimum atomic E-state index is -0.130. The average molecular weight is 460 g/mol. The van der Waals surface area contributed by atoms with E-state index in [-0.39, 0.29) is 5.91 Å². The Kier molecular flexibility index (Phi) is 7.09. The standard InChI is InChI=1S/C20H18BrN3OS2/c21-17-10-4-2-7-15(17)12-27-13-19(25)23-24-20(26)22-18-11-5-8-14-6-1-3-9-16(14)18/h1-11H,12-13H2,(H,23,25)(H2,22,24,26). The van der Waals surface area contributed by atoms with E-state index in [1.165, 1.54) is 0 Å². The number of amides is 1. The average Bonchev–Trinajstić information content (AvgIpc) is 2.68. The molecule has 3 rings (SSSR count). The number of hydrazine groups is 1. The molecular formula is C20H18BrN3OS2. The van der Waals surface area contributed by atoms with Gasteiger partial charge in [0.05, 0.1) is 5.75 Å². The number of hydrogen-bond acceptors (Lipinski definition) is 3. The van der Waals surface area contributed by atoms with Crippen molar-refractivity contribution >= 4 is 67.4 Å². The van der Waals surface area contributed by atoms with Crippen LogP contribution in [0.5, 0.6) is 0 Å². The summed E-state index contributed by atoms with van der Waals surface area (Å²) in [6.07, 6.45) is 0. The van der Waals surface area contributed by atoms with Gasteiger partial charge in [-0.15, -0.1) is 11.8 Å². The Hall–Kier alpha value is -2.09. The van der Waals surface area contributed by atoms with E-state index < -0.39 is 0 Å². The van der Waals surface area contributed by atoms with Crippen molar-refractivity contribution in [1.29, 1.82) is 0 Å². The fourth-order valence-corrected chi connectivity index (χ4v) is 4.12. The van der Waals surface area contributed by atoms with Crippen molar-refractivity contribution in [3.05, 3.63) is 76.8 Å². The Bertz CT molecular complexity index is 959. The van der Waals surface area contributed by atoms with Crippen molar-refractivity contribution in [2.24, 2.45) is 0 Å². The normalized spacial score (nSPS) is 10.4. The van der Waals surface area contributed by atoms with E-state index in [0.717, 1.165) is 32.2 Å². The zero-order chi connectivity index (χ0) is 19.1. The van der Waals surface area contributed by atoms with E-state index in [1.807, 2.05) is 66.7 Å². The summed E-state index contributed by atoms with van der Waals surface area (Å²) in [5.41, 5.74) is 7.44. The van der Waals surface area contributed by atoms with Crippen LogP contribution in [0, 0.1) is 0 Å². The third-order valence-electron chi connectivity index (χ3n) is 3.80. The van der Waals surface area contributed by atoms with Crippen LogP contribution in [0.25, 0.3) is 10.8 Å². The zero-order valence-corrected chi connectivity index (χ0v) is 17.6. The topological polar surface area (TPSA) is 53.2 Å². The van der Waals surface area contributed by atoms with Gasteiger partial charge < -0.3 is 5.32 Å². The van der Waals surface area contributed by atoms with Crippen molar-refractivity contribution in [3.63, 3.8) is 0 Å². The highest BCUT2D eigenvalue weighted by Crippen LogP contribution is 2.23. The number of thiocarbonyl (C=S) groups is 1. The molecule has 4 nitrogen and oxygen atoms in total. The second-order valence-electron chi connectivity index (χ2n) is 5.74. The van der Waals surface area contributed by atoms with Crippen LogP contribution in [0.1, 0.15) is 5.56 Å². The van der Waals surface area contributed by atoms with E-state index >= 15 is 0 Å². The van der Waals surface area contributed by atoms with E-state index in [2.05, 4.69) is 32.1 Å². The molecule has 0 atom stereocenters. The lowest BCUT2D eigenvalue weighted by molar-refractivity contribution is -0.119. The molecule has 0 aromatic heterocycles. The lowest BCUT2D eigenvalue weighted by Crippen LogP contribution is -2.44. The van der Waals surface area contributed by atoms with Crippen LogP contribution in [0.4, 0.5) is 5.69 Å². The summed E-state index contributed by atoms with van der Waals surface area (Å²) in [6.45, 7) is 0.